The van der Waals surface area contributed by atoms with Crippen LogP contribution >= 0.6 is 0 Å². The predicted molar refractivity (Wildman–Crippen MR) is 73.3 cm³/mol. The average molecular weight is 260 g/mol. The monoisotopic (exact) mass is 260 g/mol. The summed E-state index contributed by atoms with van der Waals surface area (Å²) in [4.78, 5) is 14.4. The Morgan fingerprint density at radius 2 is 2.05 bits per heavy atom. The Hall–Kier alpha value is -1.55. The number of hydrogen-bond acceptors (Lipinski definition) is 3. The van der Waals surface area contributed by atoms with Crippen molar-refractivity contribution in [3.05, 3.63) is 29.3 Å². The lowest BCUT2D eigenvalue weighted by Crippen LogP contribution is -2.48. The van der Waals surface area contributed by atoms with Crippen LogP contribution < -0.4 is 5.32 Å². The minimum absolute atomic E-state index is 0.0407. The molecule has 0 spiro atoms. The number of aromatic hydroxyl groups is 1. The summed E-state index contributed by atoms with van der Waals surface area (Å²) in [6.07, 6.45) is 2.98. The number of hydrogen-bond donors (Lipinski definition) is 2. The molecule has 3 rings (SSSR count). The van der Waals surface area contributed by atoms with Crippen LogP contribution in [-0.4, -0.2) is 42.1 Å². The first-order valence-corrected chi connectivity index (χ1v) is 6.95. The number of nitrogens with zero attached hydrogens (tertiary/aromatic N) is 1. The van der Waals surface area contributed by atoms with E-state index in [1.165, 1.54) is 0 Å². The maximum atomic E-state index is 12.1. The summed E-state index contributed by atoms with van der Waals surface area (Å²) in [5.41, 5.74) is 1.44. The van der Waals surface area contributed by atoms with Crippen molar-refractivity contribution in [2.24, 2.45) is 5.92 Å². The lowest BCUT2D eigenvalue weighted by Gasteiger charge is -2.37. The lowest BCUT2D eigenvalue weighted by atomic mass is 9.82. The number of nitrogens with one attached hydrogen (secondary N) is 1. The fourth-order valence-corrected chi connectivity index (χ4v) is 3.23. The molecular formula is C15H20N2O2. The SMILES string of the molecule is CN1CCC(C2Cc3c(O)cccc3C(=O)N2)CC1. The van der Waals surface area contributed by atoms with Crippen molar-refractivity contribution in [2.75, 3.05) is 20.1 Å². The number of benzene rings is 1. The smallest absolute Gasteiger partial charge is 0.251 e. The van der Waals surface area contributed by atoms with Gasteiger partial charge in [0.2, 0.25) is 0 Å². The molecule has 2 N–H and O–H groups in total. The first-order chi connectivity index (χ1) is 9.15. The number of carbonyl (C=O) groups excluding carboxylic acids is 1. The van der Waals surface area contributed by atoms with Gasteiger partial charge in [-0.1, -0.05) is 6.07 Å². The summed E-state index contributed by atoms with van der Waals surface area (Å²) in [7, 11) is 2.14. The van der Waals surface area contributed by atoms with E-state index in [1.54, 1.807) is 18.2 Å². The zero-order valence-corrected chi connectivity index (χ0v) is 11.2. The molecular weight excluding hydrogens is 240 g/mol. The van der Waals surface area contributed by atoms with Gasteiger partial charge in [-0.3, -0.25) is 4.79 Å². The molecule has 1 fully saturated rings. The van der Waals surface area contributed by atoms with Gasteiger partial charge in [-0.2, -0.15) is 0 Å². The molecule has 0 bridgehead atoms. The van der Waals surface area contributed by atoms with E-state index in [0.717, 1.165) is 37.9 Å². The van der Waals surface area contributed by atoms with Gasteiger partial charge in [-0.05, 0) is 57.5 Å². The van der Waals surface area contributed by atoms with Gasteiger partial charge in [0.25, 0.3) is 5.91 Å². The van der Waals surface area contributed by atoms with Gasteiger partial charge in [-0.15, -0.1) is 0 Å². The summed E-state index contributed by atoms with van der Waals surface area (Å²) in [5, 5.41) is 13.1. The third kappa shape index (κ3) is 2.32. The van der Waals surface area contributed by atoms with E-state index in [9.17, 15) is 9.90 Å². The lowest BCUT2D eigenvalue weighted by molar-refractivity contribution is 0.0882. The Morgan fingerprint density at radius 1 is 1.32 bits per heavy atom. The number of amides is 1. The number of likely N-dealkylation sites (tertiary alicyclic amines) is 1. The number of piperidine rings is 1. The van der Waals surface area contributed by atoms with Crippen molar-refractivity contribution < 1.29 is 9.90 Å². The fraction of sp³-hybridized carbons (Fsp3) is 0.533. The Morgan fingerprint density at radius 3 is 2.79 bits per heavy atom. The molecule has 0 saturated carbocycles. The van der Waals surface area contributed by atoms with E-state index in [4.69, 9.17) is 0 Å². The number of phenols is 1. The van der Waals surface area contributed by atoms with Gasteiger partial charge in [0, 0.05) is 17.2 Å². The Balaban J connectivity index is 1.81. The molecule has 0 aromatic heterocycles. The number of rotatable bonds is 1. The van der Waals surface area contributed by atoms with E-state index in [2.05, 4.69) is 17.3 Å². The van der Waals surface area contributed by atoms with Crippen molar-refractivity contribution in [1.29, 1.82) is 0 Å². The normalized spacial score (nSPS) is 24.9. The fourth-order valence-electron chi connectivity index (χ4n) is 3.23. The van der Waals surface area contributed by atoms with Crippen LogP contribution in [0, 0.1) is 5.92 Å². The Bertz CT molecular complexity index is 493. The molecule has 2 aliphatic rings. The molecule has 1 unspecified atom stereocenters. The van der Waals surface area contributed by atoms with Crippen molar-refractivity contribution >= 4 is 5.91 Å². The summed E-state index contributed by atoms with van der Waals surface area (Å²) >= 11 is 0. The first kappa shape index (κ1) is 12.5. The van der Waals surface area contributed by atoms with Gasteiger partial charge in [-0.25, -0.2) is 0 Å². The maximum Gasteiger partial charge on any atom is 0.251 e. The van der Waals surface area contributed by atoms with Crippen molar-refractivity contribution in [3.8, 4) is 5.75 Å². The van der Waals surface area contributed by atoms with Crippen LogP contribution in [0.25, 0.3) is 0 Å². The third-order valence-corrected chi connectivity index (χ3v) is 4.47. The van der Waals surface area contributed by atoms with Crippen LogP contribution in [0.5, 0.6) is 5.75 Å². The highest BCUT2D eigenvalue weighted by molar-refractivity contribution is 5.97. The summed E-state index contributed by atoms with van der Waals surface area (Å²) < 4.78 is 0. The second-order valence-electron chi connectivity index (χ2n) is 5.73. The molecule has 4 heteroatoms. The molecule has 1 saturated heterocycles. The molecule has 19 heavy (non-hydrogen) atoms. The summed E-state index contributed by atoms with van der Waals surface area (Å²) in [6.45, 7) is 2.18. The van der Waals surface area contributed by atoms with Gasteiger partial charge in [0.05, 0.1) is 0 Å². The average Bonchev–Trinajstić information content (AvgIpc) is 2.41. The van der Waals surface area contributed by atoms with E-state index in [0.29, 0.717) is 11.5 Å². The van der Waals surface area contributed by atoms with Crippen LogP contribution in [0.1, 0.15) is 28.8 Å². The molecule has 1 atom stereocenters. The highest BCUT2D eigenvalue weighted by atomic mass is 16.3. The zero-order chi connectivity index (χ0) is 13.4. The minimum atomic E-state index is -0.0407. The highest BCUT2D eigenvalue weighted by Crippen LogP contribution is 2.30. The highest BCUT2D eigenvalue weighted by Gasteiger charge is 2.32. The van der Waals surface area contributed by atoms with E-state index < -0.39 is 0 Å². The van der Waals surface area contributed by atoms with Crippen molar-refractivity contribution in [2.45, 2.75) is 25.3 Å². The van der Waals surface area contributed by atoms with Crippen molar-refractivity contribution in [1.82, 2.24) is 10.2 Å². The molecule has 1 aromatic carbocycles. The molecule has 2 aliphatic heterocycles. The minimum Gasteiger partial charge on any atom is -0.508 e. The van der Waals surface area contributed by atoms with E-state index >= 15 is 0 Å². The third-order valence-electron chi connectivity index (χ3n) is 4.47. The molecule has 2 heterocycles. The van der Waals surface area contributed by atoms with Gasteiger partial charge in [0.15, 0.2) is 0 Å². The van der Waals surface area contributed by atoms with E-state index in [-0.39, 0.29) is 17.7 Å². The van der Waals surface area contributed by atoms with Gasteiger partial charge >= 0.3 is 0 Å². The van der Waals surface area contributed by atoms with Crippen LogP contribution in [-0.2, 0) is 6.42 Å². The predicted octanol–water partition coefficient (Wildman–Crippen LogP) is 1.39. The van der Waals surface area contributed by atoms with Crippen LogP contribution in [0.15, 0.2) is 18.2 Å². The van der Waals surface area contributed by atoms with Gasteiger partial charge in [0.1, 0.15) is 5.75 Å². The molecule has 0 radical (unpaired) electrons. The standard InChI is InChI=1S/C15H20N2O2/c1-17-7-5-10(6-8-17)13-9-12-11(15(19)16-13)3-2-4-14(12)18/h2-4,10,13,18H,5-9H2,1H3,(H,16,19). The second kappa shape index (κ2) is 4.85. The number of carbonyl (C=O) groups is 1. The van der Waals surface area contributed by atoms with Gasteiger partial charge < -0.3 is 15.3 Å². The molecule has 0 aliphatic carbocycles. The zero-order valence-electron chi connectivity index (χ0n) is 11.2. The quantitative estimate of drug-likeness (QED) is 0.802. The molecule has 1 amide bonds. The Labute approximate surface area is 113 Å². The summed E-state index contributed by atoms with van der Waals surface area (Å²) in [5.74, 6) is 0.735. The van der Waals surface area contributed by atoms with Crippen LogP contribution in [0.4, 0.5) is 0 Å². The van der Waals surface area contributed by atoms with Crippen LogP contribution in [0.3, 0.4) is 0 Å². The molecule has 102 valence electrons. The molecule has 1 aromatic rings. The van der Waals surface area contributed by atoms with E-state index in [1.807, 2.05) is 0 Å². The second-order valence-corrected chi connectivity index (χ2v) is 5.73. The maximum absolute atomic E-state index is 12.1. The molecule has 4 nitrogen and oxygen atoms in total. The summed E-state index contributed by atoms with van der Waals surface area (Å²) in [6, 6.07) is 5.35. The number of phenolic OH excluding ortho intramolecular Hbond substituents is 1. The van der Waals surface area contributed by atoms with Crippen LogP contribution in [0.2, 0.25) is 0 Å². The first-order valence-electron chi connectivity index (χ1n) is 6.95. The topological polar surface area (TPSA) is 52.6 Å². The Kier molecular flexibility index (Phi) is 3.19. The largest absolute Gasteiger partial charge is 0.508 e. The van der Waals surface area contributed by atoms with Crippen molar-refractivity contribution in [3.63, 3.8) is 0 Å². The number of fused-ring (bicyclic) bond motifs is 1.